The summed E-state index contributed by atoms with van der Waals surface area (Å²) in [4.78, 5) is 21.4. The molecule has 1 heterocycles. The molecule has 0 aliphatic carbocycles. The maximum atomic E-state index is 12.3. The highest BCUT2D eigenvalue weighted by Crippen LogP contribution is 2.12. The van der Waals surface area contributed by atoms with E-state index in [1.807, 2.05) is 76.2 Å². The minimum atomic E-state index is -0.821. The Labute approximate surface area is 189 Å². The zero-order valence-electron chi connectivity index (χ0n) is 19.1. The molecule has 2 atom stereocenters. The van der Waals surface area contributed by atoms with Gasteiger partial charge >= 0.3 is 6.09 Å². The first kappa shape index (κ1) is 23.6. The molecular weight excluding hydrogens is 404 g/mol. The summed E-state index contributed by atoms with van der Waals surface area (Å²) in [7, 11) is 0. The number of aliphatic hydroxyl groups excluding tert-OH is 1. The highest BCUT2D eigenvalue weighted by atomic mass is 16.6. The van der Waals surface area contributed by atoms with Gasteiger partial charge in [0.25, 0.3) is 0 Å². The van der Waals surface area contributed by atoms with Crippen molar-refractivity contribution in [3.63, 3.8) is 0 Å². The Bertz CT molecular complexity index is 1030. The fourth-order valence-corrected chi connectivity index (χ4v) is 3.34. The number of fused-ring (bicyclic) bond motifs is 1. The summed E-state index contributed by atoms with van der Waals surface area (Å²) in [6, 6.07) is 15.2. The number of carbonyl (C=O) groups is 1. The lowest BCUT2D eigenvalue weighted by atomic mass is 10.0. The molecule has 0 spiro atoms. The number of hydrogen-bond acceptors (Lipinski definition) is 6. The first-order valence-corrected chi connectivity index (χ1v) is 10.8. The van der Waals surface area contributed by atoms with E-state index in [-0.39, 0.29) is 6.54 Å². The molecule has 3 rings (SSSR count). The zero-order chi connectivity index (χ0) is 23.1. The van der Waals surface area contributed by atoms with Gasteiger partial charge in [-0.3, -0.25) is 4.98 Å². The van der Waals surface area contributed by atoms with E-state index in [1.54, 1.807) is 6.20 Å². The van der Waals surface area contributed by atoms with E-state index < -0.39 is 23.8 Å². The molecule has 0 saturated carbocycles. The van der Waals surface area contributed by atoms with Gasteiger partial charge in [-0.15, -0.1) is 0 Å². The number of aliphatic hydroxyl groups is 1. The number of alkyl carbamates (subject to hydrolysis) is 1. The van der Waals surface area contributed by atoms with Crippen LogP contribution in [0, 0.1) is 6.92 Å². The second-order valence-corrected chi connectivity index (χ2v) is 8.99. The van der Waals surface area contributed by atoms with Crippen molar-refractivity contribution in [3.05, 3.63) is 71.5 Å². The van der Waals surface area contributed by atoms with Crippen molar-refractivity contribution < 1.29 is 14.6 Å². The van der Waals surface area contributed by atoms with Gasteiger partial charge in [0.15, 0.2) is 0 Å². The number of nitrogens with zero attached hydrogens (tertiary/aromatic N) is 2. The Morgan fingerprint density at radius 1 is 1.12 bits per heavy atom. The summed E-state index contributed by atoms with van der Waals surface area (Å²) < 4.78 is 5.38. The van der Waals surface area contributed by atoms with Crippen LogP contribution in [-0.4, -0.2) is 45.5 Å². The van der Waals surface area contributed by atoms with Crippen LogP contribution in [0.2, 0.25) is 0 Å². The highest BCUT2D eigenvalue weighted by Gasteiger charge is 2.25. The van der Waals surface area contributed by atoms with Crippen LogP contribution in [0.3, 0.4) is 0 Å². The van der Waals surface area contributed by atoms with E-state index in [4.69, 9.17) is 4.74 Å². The third-order valence-corrected chi connectivity index (χ3v) is 4.87. The van der Waals surface area contributed by atoms with Crippen LogP contribution in [-0.2, 0) is 17.7 Å². The highest BCUT2D eigenvalue weighted by molar-refractivity contribution is 5.74. The normalized spacial score (nSPS) is 13.5. The molecule has 7 heteroatoms. The largest absolute Gasteiger partial charge is 0.444 e. The fourth-order valence-electron chi connectivity index (χ4n) is 3.34. The molecule has 0 saturated heterocycles. The molecule has 0 aliphatic rings. The predicted molar refractivity (Wildman–Crippen MR) is 125 cm³/mol. The van der Waals surface area contributed by atoms with E-state index >= 15 is 0 Å². The van der Waals surface area contributed by atoms with Gasteiger partial charge in [0.2, 0.25) is 0 Å². The van der Waals surface area contributed by atoms with Crippen LogP contribution in [0.15, 0.2) is 54.7 Å². The molecule has 1 aromatic heterocycles. The average molecular weight is 437 g/mol. The van der Waals surface area contributed by atoms with Crippen molar-refractivity contribution in [2.75, 3.05) is 6.54 Å². The lowest BCUT2D eigenvalue weighted by Crippen LogP contribution is -2.49. The van der Waals surface area contributed by atoms with E-state index in [0.29, 0.717) is 13.0 Å². The Balaban J connectivity index is 1.61. The summed E-state index contributed by atoms with van der Waals surface area (Å²) in [5.41, 5.74) is 4.03. The molecule has 2 aromatic carbocycles. The molecule has 3 N–H and O–H groups in total. The third-order valence-electron chi connectivity index (χ3n) is 4.87. The van der Waals surface area contributed by atoms with Gasteiger partial charge in [0.1, 0.15) is 5.60 Å². The molecule has 7 nitrogen and oxygen atoms in total. The van der Waals surface area contributed by atoms with E-state index in [9.17, 15) is 9.90 Å². The van der Waals surface area contributed by atoms with Crippen LogP contribution < -0.4 is 10.6 Å². The topological polar surface area (TPSA) is 96.4 Å². The molecule has 3 aromatic rings. The number of hydrogen-bond donors (Lipinski definition) is 3. The summed E-state index contributed by atoms with van der Waals surface area (Å²) in [6.07, 6.45) is 0.853. The number of ether oxygens (including phenoxy) is 1. The quantitative estimate of drug-likeness (QED) is 0.500. The maximum Gasteiger partial charge on any atom is 0.407 e. The summed E-state index contributed by atoms with van der Waals surface area (Å²) in [5.74, 6) is 0. The molecular formula is C25H32N4O3. The van der Waals surface area contributed by atoms with Crippen LogP contribution in [0.25, 0.3) is 11.0 Å². The average Bonchev–Trinajstić information content (AvgIpc) is 2.72. The molecule has 0 bridgehead atoms. The lowest BCUT2D eigenvalue weighted by molar-refractivity contribution is 0.0422. The number of aryl methyl sites for hydroxylation is 1. The maximum absolute atomic E-state index is 12.3. The summed E-state index contributed by atoms with van der Waals surface area (Å²) in [6.45, 7) is 8.18. The number of nitrogens with one attached hydrogen (secondary N) is 2. The predicted octanol–water partition coefficient (Wildman–Crippen LogP) is 3.52. The number of carbonyl (C=O) groups excluding carboxylic acids is 1. The molecule has 0 radical (unpaired) electrons. The molecule has 170 valence electrons. The molecule has 0 aliphatic heterocycles. The Hall–Kier alpha value is -3.03. The van der Waals surface area contributed by atoms with Gasteiger partial charge in [-0.1, -0.05) is 36.4 Å². The molecule has 1 amide bonds. The van der Waals surface area contributed by atoms with E-state index in [1.165, 1.54) is 0 Å². The fraction of sp³-hybridized carbons (Fsp3) is 0.400. The van der Waals surface area contributed by atoms with Gasteiger partial charge in [0.05, 0.1) is 35.1 Å². The monoisotopic (exact) mass is 436 g/mol. The van der Waals surface area contributed by atoms with Gasteiger partial charge in [-0.25, -0.2) is 9.78 Å². The van der Waals surface area contributed by atoms with Crippen molar-refractivity contribution in [3.8, 4) is 0 Å². The van der Waals surface area contributed by atoms with E-state index in [2.05, 4.69) is 20.6 Å². The standard InChI is InChI=1S/C25H32N4O3/c1-17-10-11-20-21(12-17)27-15-19(28-20)14-26-16-23(30)22(13-18-8-6-5-7-9-18)29-24(31)32-25(2,3)4/h5-12,15,22-23,26,30H,13-14,16H2,1-4H3,(H,29,31)/t22-,23+/m0/s1. The number of benzene rings is 2. The van der Waals surface area contributed by atoms with Crippen molar-refractivity contribution in [1.82, 2.24) is 20.6 Å². The smallest absolute Gasteiger partial charge is 0.407 e. The molecule has 0 fully saturated rings. The minimum Gasteiger partial charge on any atom is -0.444 e. The van der Waals surface area contributed by atoms with Gasteiger partial charge in [-0.2, -0.15) is 0 Å². The molecule has 32 heavy (non-hydrogen) atoms. The van der Waals surface area contributed by atoms with E-state index in [0.717, 1.165) is 27.9 Å². The van der Waals surface area contributed by atoms with Crippen LogP contribution in [0.4, 0.5) is 4.79 Å². The van der Waals surface area contributed by atoms with Crippen molar-refractivity contribution in [2.24, 2.45) is 0 Å². The van der Waals surface area contributed by atoms with Gasteiger partial charge in [-0.05, 0) is 57.4 Å². The lowest BCUT2D eigenvalue weighted by Gasteiger charge is -2.27. The third kappa shape index (κ3) is 7.28. The second-order valence-electron chi connectivity index (χ2n) is 8.99. The number of rotatable bonds is 8. The van der Waals surface area contributed by atoms with Crippen molar-refractivity contribution in [2.45, 2.75) is 58.4 Å². The van der Waals surface area contributed by atoms with Gasteiger partial charge in [0, 0.05) is 13.1 Å². The number of aromatic nitrogens is 2. The summed E-state index contributed by atoms with van der Waals surface area (Å²) >= 11 is 0. The van der Waals surface area contributed by atoms with Gasteiger partial charge < -0.3 is 20.5 Å². The minimum absolute atomic E-state index is 0.279. The molecule has 0 unspecified atom stereocenters. The van der Waals surface area contributed by atoms with Crippen molar-refractivity contribution >= 4 is 17.1 Å². The second kappa shape index (κ2) is 10.5. The first-order valence-electron chi connectivity index (χ1n) is 10.8. The first-order chi connectivity index (χ1) is 15.2. The Morgan fingerprint density at radius 2 is 1.88 bits per heavy atom. The number of amides is 1. The zero-order valence-corrected chi connectivity index (χ0v) is 19.1. The van der Waals surface area contributed by atoms with Crippen LogP contribution >= 0.6 is 0 Å². The summed E-state index contributed by atoms with van der Waals surface area (Å²) in [5, 5.41) is 16.9. The van der Waals surface area contributed by atoms with Crippen molar-refractivity contribution in [1.29, 1.82) is 0 Å². The SMILES string of the molecule is Cc1ccc2nc(CNC[C@@H](O)[C@H](Cc3ccccc3)NC(=O)OC(C)(C)C)cnc2c1. The Kier molecular flexibility index (Phi) is 7.77. The Morgan fingerprint density at radius 3 is 2.59 bits per heavy atom. The van der Waals surface area contributed by atoms with Crippen LogP contribution in [0.5, 0.6) is 0 Å². The van der Waals surface area contributed by atoms with Crippen LogP contribution in [0.1, 0.15) is 37.6 Å².